The molecule has 0 aliphatic carbocycles. The van der Waals surface area contributed by atoms with Crippen LogP contribution in [0.25, 0.3) is 0 Å². The Bertz CT molecular complexity index is 246. The molecule has 0 spiro atoms. The molecule has 0 amide bonds. The minimum Gasteiger partial charge on any atom is -0.396 e. The Hall–Kier alpha value is -0.0500. The van der Waals surface area contributed by atoms with Gasteiger partial charge in [0.1, 0.15) is 0 Å². The third-order valence-corrected chi connectivity index (χ3v) is 4.70. The average molecular weight is 362 g/mol. The van der Waals surface area contributed by atoms with Crippen LogP contribution in [0.15, 0.2) is 12.2 Å². The lowest BCUT2D eigenvalue weighted by Crippen LogP contribution is -2.26. The summed E-state index contributed by atoms with van der Waals surface area (Å²) in [5.74, 6) is 0. The standard InChI is InChI=1S/C21H43NO.ClH/c1-3-4-5-6-7-8-9-10-11-12-13-14-15-16-17-18-21(22-2)19-20-23;/h10-11,21-23H,3-9,12-20H2,1-2H3;1H/b11-10-;. The second-order valence-electron chi connectivity index (χ2n) is 6.87. The molecule has 0 saturated carbocycles. The van der Waals surface area contributed by atoms with Gasteiger partial charge in [-0.2, -0.15) is 0 Å². The van der Waals surface area contributed by atoms with Gasteiger partial charge >= 0.3 is 0 Å². The van der Waals surface area contributed by atoms with Gasteiger partial charge in [0.25, 0.3) is 0 Å². The molecule has 2 nitrogen and oxygen atoms in total. The van der Waals surface area contributed by atoms with E-state index in [1.165, 1.54) is 89.9 Å². The molecule has 0 aliphatic heterocycles. The van der Waals surface area contributed by atoms with E-state index in [1.807, 2.05) is 7.05 Å². The van der Waals surface area contributed by atoms with E-state index in [1.54, 1.807) is 0 Å². The van der Waals surface area contributed by atoms with Crippen molar-refractivity contribution in [1.29, 1.82) is 0 Å². The summed E-state index contributed by atoms with van der Waals surface area (Å²) in [6.07, 6.45) is 24.5. The fourth-order valence-electron chi connectivity index (χ4n) is 3.05. The largest absolute Gasteiger partial charge is 0.396 e. The van der Waals surface area contributed by atoms with Gasteiger partial charge in [-0.1, -0.05) is 76.9 Å². The van der Waals surface area contributed by atoms with Gasteiger partial charge < -0.3 is 10.4 Å². The van der Waals surface area contributed by atoms with Crippen LogP contribution in [0, 0.1) is 0 Å². The molecule has 1 atom stereocenters. The number of allylic oxidation sites excluding steroid dienone is 2. The Balaban J connectivity index is 0. The van der Waals surface area contributed by atoms with Crippen LogP contribution in [-0.4, -0.2) is 24.8 Å². The molecule has 24 heavy (non-hydrogen) atoms. The lowest BCUT2D eigenvalue weighted by Gasteiger charge is -2.14. The molecule has 0 radical (unpaired) electrons. The summed E-state index contributed by atoms with van der Waals surface area (Å²) in [5.41, 5.74) is 0. The van der Waals surface area contributed by atoms with Crippen LogP contribution in [0.5, 0.6) is 0 Å². The molecule has 146 valence electrons. The molecule has 0 bridgehead atoms. The van der Waals surface area contributed by atoms with Crippen LogP contribution >= 0.6 is 12.4 Å². The van der Waals surface area contributed by atoms with Gasteiger partial charge in [0.05, 0.1) is 0 Å². The summed E-state index contributed by atoms with van der Waals surface area (Å²) in [7, 11) is 2.00. The van der Waals surface area contributed by atoms with Crippen LogP contribution in [0.3, 0.4) is 0 Å². The van der Waals surface area contributed by atoms with Crippen molar-refractivity contribution in [3.63, 3.8) is 0 Å². The molecular weight excluding hydrogens is 318 g/mol. The highest BCUT2D eigenvalue weighted by atomic mass is 35.5. The van der Waals surface area contributed by atoms with E-state index in [9.17, 15) is 0 Å². The second kappa shape index (κ2) is 22.9. The minimum atomic E-state index is 0. The van der Waals surface area contributed by atoms with Crippen LogP contribution in [0.4, 0.5) is 0 Å². The maximum absolute atomic E-state index is 8.95. The fourth-order valence-corrected chi connectivity index (χ4v) is 3.05. The second-order valence-corrected chi connectivity index (χ2v) is 6.87. The van der Waals surface area contributed by atoms with Gasteiger partial charge in [0.15, 0.2) is 0 Å². The van der Waals surface area contributed by atoms with E-state index < -0.39 is 0 Å². The third-order valence-electron chi connectivity index (χ3n) is 4.70. The van der Waals surface area contributed by atoms with E-state index in [2.05, 4.69) is 24.4 Å². The monoisotopic (exact) mass is 361 g/mol. The minimum absolute atomic E-state index is 0. The molecule has 0 aromatic carbocycles. The fraction of sp³-hybridized carbons (Fsp3) is 0.905. The van der Waals surface area contributed by atoms with Gasteiger partial charge in [0, 0.05) is 12.6 Å². The first-order valence-electron chi connectivity index (χ1n) is 10.3. The highest BCUT2D eigenvalue weighted by molar-refractivity contribution is 5.85. The summed E-state index contributed by atoms with van der Waals surface area (Å²) >= 11 is 0. The van der Waals surface area contributed by atoms with Crippen molar-refractivity contribution < 1.29 is 5.11 Å². The van der Waals surface area contributed by atoms with Crippen molar-refractivity contribution in [2.45, 2.75) is 109 Å². The Morgan fingerprint density at radius 3 is 1.75 bits per heavy atom. The topological polar surface area (TPSA) is 32.3 Å². The number of unbranched alkanes of at least 4 members (excludes halogenated alkanes) is 11. The number of hydrogen-bond acceptors (Lipinski definition) is 2. The van der Waals surface area contributed by atoms with Gasteiger partial charge in [-0.15, -0.1) is 12.4 Å². The Morgan fingerprint density at radius 2 is 1.25 bits per heavy atom. The molecular formula is C21H44ClNO. The zero-order valence-corrected chi connectivity index (χ0v) is 17.2. The molecule has 1 unspecified atom stereocenters. The van der Waals surface area contributed by atoms with E-state index in [4.69, 9.17) is 5.11 Å². The van der Waals surface area contributed by atoms with Crippen molar-refractivity contribution in [3.8, 4) is 0 Å². The number of nitrogens with one attached hydrogen (secondary N) is 1. The summed E-state index contributed by atoms with van der Waals surface area (Å²) in [5, 5.41) is 12.2. The predicted octanol–water partition coefficient (Wildman–Crippen LogP) is 6.42. The third kappa shape index (κ3) is 20.0. The van der Waals surface area contributed by atoms with Gasteiger partial charge in [0.2, 0.25) is 0 Å². The molecule has 2 N–H and O–H groups in total. The number of aliphatic hydroxyl groups is 1. The van der Waals surface area contributed by atoms with E-state index in [0.717, 1.165) is 6.42 Å². The number of rotatable bonds is 18. The molecule has 0 aromatic heterocycles. The average Bonchev–Trinajstić information content (AvgIpc) is 2.57. The lowest BCUT2D eigenvalue weighted by molar-refractivity contribution is 0.262. The molecule has 3 heteroatoms. The maximum atomic E-state index is 8.95. The van der Waals surface area contributed by atoms with Gasteiger partial charge in [-0.05, 0) is 45.6 Å². The van der Waals surface area contributed by atoms with E-state index in [-0.39, 0.29) is 12.4 Å². The van der Waals surface area contributed by atoms with Crippen molar-refractivity contribution >= 4 is 12.4 Å². The zero-order valence-electron chi connectivity index (χ0n) is 16.4. The Labute approximate surface area is 158 Å². The highest BCUT2D eigenvalue weighted by Gasteiger charge is 2.03. The van der Waals surface area contributed by atoms with Crippen LogP contribution in [0.2, 0.25) is 0 Å². The molecule has 0 fully saturated rings. The summed E-state index contributed by atoms with van der Waals surface area (Å²) in [6.45, 7) is 2.58. The predicted molar refractivity (Wildman–Crippen MR) is 111 cm³/mol. The molecule has 0 aromatic rings. The normalized spacial score (nSPS) is 12.5. The Kier molecular flexibility index (Phi) is 25.0. The smallest absolute Gasteiger partial charge is 0.0445 e. The SMILES string of the molecule is CCCCCCCC/C=C\CCCCCCCC(CCO)NC.Cl. The van der Waals surface area contributed by atoms with Crippen molar-refractivity contribution in [2.75, 3.05) is 13.7 Å². The molecule has 0 rings (SSSR count). The van der Waals surface area contributed by atoms with Crippen molar-refractivity contribution in [2.24, 2.45) is 0 Å². The lowest BCUT2D eigenvalue weighted by atomic mass is 10.0. The molecule has 0 heterocycles. The van der Waals surface area contributed by atoms with Crippen molar-refractivity contribution in [3.05, 3.63) is 12.2 Å². The molecule has 0 aliphatic rings. The number of hydrogen-bond donors (Lipinski definition) is 2. The molecule has 0 saturated heterocycles. The number of halogens is 1. The van der Waals surface area contributed by atoms with E-state index >= 15 is 0 Å². The van der Waals surface area contributed by atoms with Gasteiger partial charge in [-0.25, -0.2) is 0 Å². The summed E-state index contributed by atoms with van der Waals surface area (Å²) in [6, 6.07) is 0.505. The van der Waals surface area contributed by atoms with E-state index in [0.29, 0.717) is 12.6 Å². The van der Waals surface area contributed by atoms with Crippen LogP contribution in [-0.2, 0) is 0 Å². The maximum Gasteiger partial charge on any atom is 0.0445 e. The van der Waals surface area contributed by atoms with Gasteiger partial charge in [-0.3, -0.25) is 0 Å². The Morgan fingerprint density at radius 1 is 0.750 bits per heavy atom. The summed E-state index contributed by atoms with van der Waals surface area (Å²) in [4.78, 5) is 0. The first kappa shape index (κ1) is 26.2. The highest BCUT2D eigenvalue weighted by Crippen LogP contribution is 2.11. The van der Waals surface area contributed by atoms with Crippen LogP contribution in [0.1, 0.15) is 103 Å². The van der Waals surface area contributed by atoms with Crippen LogP contribution < -0.4 is 5.32 Å². The number of aliphatic hydroxyl groups excluding tert-OH is 1. The first-order chi connectivity index (χ1) is 11.3. The van der Waals surface area contributed by atoms with Crippen molar-refractivity contribution in [1.82, 2.24) is 5.32 Å². The zero-order chi connectivity index (χ0) is 17.0. The summed E-state index contributed by atoms with van der Waals surface area (Å²) < 4.78 is 0. The first-order valence-corrected chi connectivity index (χ1v) is 10.3. The quantitative estimate of drug-likeness (QED) is 0.218.